The molecule has 36 heavy (non-hydrogen) atoms. The number of carbonyl (C=O) groups is 1. The minimum absolute atomic E-state index is 0.146. The SMILES string of the molecule is COc1cc(=O)n2c(c1C(=O)NCCCn1ccnc1)CCN(Cc1cccc3cccnc13)CC2. The number of benzene rings is 1. The molecule has 1 aliphatic heterocycles. The van der Waals surface area contributed by atoms with Gasteiger partial charge in [0.2, 0.25) is 0 Å². The van der Waals surface area contributed by atoms with Gasteiger partial charge >= 0.3 is 0 Å². The van der Waals surface area contributed by atoms with Crippen molar-refractivity contribution in [2.24, 2.45) is 0 Å². The molecule has 9 heteroatoms. The normalized spacial score (nSPS) is 13.8. The number of rotatable bonds is 8. The molecule has 0 unspecified atom stereocenters. The molecular weight excluding hydrogens is 456 g/mol. The molecule has 4 aromatic rings. The van der Waals surface area contributed by atoms with Crippen molar-refractivity contribution in [2.45, 2.75) is 32.5 Å². The molecule has 0 bridgehead atoms. The van der Waals surface area contributed by atoms with E-state index >= 15 is 0 Å². The van der Waals surface area contributed by atoms with Gasteiger partial charge in [0.25, 0.3) is 11.5 Å². The van der Waals surface area contributed by atoms with Gasteiger partial charge in [-0.05, 0) is 18.1 Å². The van der Waals surface area contributed by atoms with E-state index in [0.29, 0.717) is 37.4 Å². The largest absolute Gasteiger partial charge is 0.496 e. The molecule has 1 amide bonds. The second-order valence-corrected chi connectivity index (χ2v) is 8.95. The number of aromatic nitrogens is 4. The van der Waals surface area contributed by atoms with Gasteiger partial charge in [-0.3, -0.25) is 19.5 Å². The maximum Gasteiger partial charge on any atom is 0.256 e. The molecular formula is C27H30N6O3. The van der Waals surface area contributed by atoms with E-state index in [2.05, 4.69) is 44.5 Å². The van der Waals surface area contributed by atoms with Gasteiger partial charge in [-0.25, -0.2) is 4.98 Å². The average Bonchev–Trinajstić information content (AvgIpc) is 3.33. The van der Waals surface area contributed by atoms with Gasteiger partial charge in [0.1, 0.15) is 11.3 Å². The molecule has 5 rings (SSSR count). The van der Waals surface area contributed by atoms with Crippen LogP contribution in [-0.4, -0.2) is 56.7 Å². The Hall–Kier alpha value is -3.98. The number of hydrogen-bond acceptors (Lipinski definition) is 6. The lowest BCUT2D eigenvalue weighted by Crippen LogP contribution is -2.32. The molecule has 0 atom stereocenters. The summed E-state index contributed by atoms with van der Waals surface area (Å²) in [5, 5.41) is 4.12. The number of ether oxygens (including phenoxy) is 1. The van der Waals surface area contributed by atoms with Crippen LogP contribution in [-0.2, 0) is 26.1 Å². The predicted molar refractivity (Wildman–Crippen MR) is 137 cm³/mol. The third kappa shape index (κ3) is 5.01. The summed E-state index contributed by atoms with van der Waals surface area (Å²) in [6.07, 6.45) is 8.55. The van der Waals surface area contributed by atoms with Crippen LogP contribution < -0.4 is 15.6 Å². The number of carbonyl (C=O) groups excluding carboxylic acids is 1. The lowest BCUT2D eigenvalue weighted by atomic mass is 10.1. The monoisotopic (exact) mass is 486 g/mol. The van der Waals surface area contributed by atoms with Gasteiger partial charge in [-0.2, -0.15) is 0 Å². The van der Waals surface area contributed by atoms with Crippen LogP contribution in [0.5, 0.6) is 5.75 Å². The van der Waals surface area contributed by atoms with Crippen LogP contribution >= 0.6 is 0 Å². The number of amides is 1. The molecule has 9 nitrogen and oxygen atoms in total. The first-order chi connectivity index (χ1) is 17.6. The number of nitrogens with one attached hydrogen (secondary N) is 1. The zero-order valence-corrected chi connectivity index (χ0v) is 20.4. The summed E-state index contributed by atoms with van der Waals surface area (Å²) in [4.78, 5) is 37.1. The smallest absolute Gasteiger partial charge is 0.256 e. The molecule has 0 spiro atoms. The van der Waals surface area contributed by atoms with E-state index in [1.165, 1.54) is 13.2 Å². The van der Waals surface area contributed by atoms with Crippen molar-refractivity contribution in [3.8, 4) is 5.75 Å². The first-order valence-corrected chi connectivity index (χ1v) is 12.2. The highest BCUT2D eigenvalue weighted by molar-refractivity contribution is 5.98. The van der Waals surface area contributed by atoms with E-state index in [4.69, 9.17) is 4.74 Å². The Morgan fingerprint density at radius 1 is 1.14 bits per heavy atom. The Morgan fingerprint density at radius 3 is 2.86 bits per heavy atom. The number of hydrogen-bond donors (Lipinski definition) is 1. The van der Waals surface area contributed by atoms with Crippen molar-refractivity contribution in [2.75, 3.05) is 26.7 Å². The van der Waals surface area contributed by atoms with E-state index in [-0.39, 0.29) is 11.5 Å². The summed E-state index contributed by atoms with van der Waals surface area (Å²) in [5.41, 5.74) is 3.18. The highest BCUT2D eigenvalue weighted by Gasteiger charge is 2.25. The van der Waals surface area contributed by atoms with Crippen molar-refractivity contribution in [3.05, 3.63) is 88.5 Å². The summed E-state index contributed by atoms with van der Waals surface area (Å²) in [6, 6.07) is 11.7. The zero-order chi connectivity index (χ0) is 24.9. The molecule has 0 saturated heterocycles. The van der Waals surface area contributed by atoms with Crippen LogP contribution in [0.2, 0.25) is 0 Å². The third-order valence-electron chi connectivity index (χ3n) is 6.68. The summed E-state index contributed by atoms with van der Waals surface area (Å²) in [7, 11) is 1.50. The van der Waals surface area contributed by atoms with Crippen LogP contribution in [0, 0.1) is 0 Å². The van der Waals surface area contributed by atoms with Gasteiger partial charge in [-0.1, -0.05) is 24.3 Å². The van der Waals surface area contributed by atoms with Gasteiger partial charge in [-0.15, -0.1) is 0 Å². The molecule has 1 N–H and O–H groups in total. The van der Waals surface area contributed by atoms with Crippen molar-refractivity contribution in [1.29, 1.82) is 0 Å². The van der Waals surface area contributed by atoms with Gasteiger partial charge in [0, 0.05) is 81.4 Å². The Morgan fingerprint density at radius 2 is 2.03 bits per heavy atom. The Kier molecular flexibility index (Phi) is 7.08. The van der Waals surface area contributed by atoms with Gasteiger partial charge in [0.15, 0.2) is 0 Å². The topological polar surface area (TPSA) is 94.3 Å². The van der Waals surface area contributed by atoms with E-state index < -0.39 is 0 Å². The van der Waals surface area contributed by atoms with Crippen LogP contribution in [0.3, 0.4) is 0 Å². The molecule has 3 aromatic heterocycles. The number of imidazole rings is 1. The van der Waals surface area contributed by atoms with Crippen LogP contribution in [0.15, 0.2) is 66.1 Å². The summed E-state index contributed by atoms with van der Waals surface area (Å²) in [5.74, 6) is 0.109. The summed E-state index contributed by atoms with van der Waals surface area (Å²) < 4.78 is 9.18. The maximum absolute atomic E-state index is 13.3. The van der Waals surface area contributed by atoms with Crippen molar-refractivity contribution in [1.82, 2.24) is 29.3 Å². The Labute approximate surface area is 209 Å². The van der Waals surface area contributed by atoms with Crippen molar-refractivity contribution >= 4 is 16.8 Å². The van der Waals surface area contributed by atoms with Crippen molar-refractivity contribution in [3.63, 3.8) is 0 Å². The zero-order valence-electron chi connectivity index (χ0n) is 20.4. The van der Waals surface area contributed by atoms with E-state index in [1.807, 2.05) is 23.0 Å². The number of pyridine rings is 2. The number of fused-ring (bicyclic) bond motifs is 2. The standard InChI is InChI=1S/C27H30N6O3/c1-36-23-17-24(34)33-16-15-31(18-21-6-2-5-20-7-3-9-29-26(20)21)13-8-22(33)25(23)27(35)30-10-4-12-32-14-11-28-19-32/h2-3,5-7,9,11,14,17,19H,4,8,10,12-13,15-16,18H2,1H3,(H,30,35). The average molecular weight is 487 g/mol. The maximum atomic E-state index is 13.3. The highest BCUT2D eigenvalue weighted by atomic mass is 16.5. The lowest BCUT2D eigenvalue weighted by Gasteiger charge is -2.20. The first-order valence-electron chi connectivity index (χ1n) is 12.2. The number of nitrogens with zero attached hydrogens (tertiary/aromatic N) is 5. The minimum atomic E-state index is -0.215. The lowest BCUT2D eigenvalue weighted by molar-refractivity contribution is 0.0947. The molecule has 0 fully saturated rings. The first kappa shape index (κ1) is 23.7. The second kappa shape index (κ2) is 10.7. The molecule has 1 aromatic carbocycles. The second-order valence-electron chi connectivity index (χ2n) is 8.95. The fourth-order valence-electron chi connectivity index (χ4n) is 4.86. The molecule has 1 aliphatic rings. The fraction of sp³-hybridized carbons (Fsp3) is 0.333. The van der Waals surface area contributed by atoms with Crippen LogP contribution in [0.4, 0.5) is 0 Å². The summed E-state index contributed by atoms with van der Waals surface area (Å²) in [6.45, 7) is 3.94. The molecule has 0 aliphatic carbocycles. The predicted octanol–water partition coefficient (Wildman–Crippen LogP) is 2.48. The highest BCUT2D eigenvalue weighted by Crippen LogP contribution is 2.24. The molecule has 186 valence electrons. The third-order valence-corrected chi connectivity index (χ3v) is 6.68. The Bertz CT molecular complexity index is 1410. The quantitative estimate of drug-likeness (QED) is 0.385. The minimum Gasteiger partial charge on any atom is -0.496 e. The molecule has 0 saturated carbocycles. The molecule has 4 heterocycles. The van der Waals surface area contributed by atoms with Crippen molar-refractivity contribution < 1.29 is 9.53 Å². The fourth-order valence-corrected chi connectivity index (χ4v) is 4.86. The number of methoxy groups -OCH3 is 1. The van der Waals surface area contributed by atoms with E-state index in [9.17, 15) is 9.59 Å². The van der Waals surface area contributed by atoms with Gasteiger partial charge < -0.3 is 19.2 Å². The Balaban J connectivity index is 1.33. The van der Waals surface area contributed by atoms with Crippen LogP contribution in [0.25, 0.3) is 10.9 Å². The van der Waals surface area contributed by atoms with E-state index in [0.717, 1.165) is 48.2 Å². The van der Waals surface area contributed by atoms with Gasteiger partial charge in [0.05, 0.1) is 19.0 Å². The summed E-state index contributed by atoms with van der Waals surface area (Å²) >= 11 is 0. The van der Waals surface area contributed by atoms with Crippen LogP contribution in [0.1, 0.15) is 28.0 Å². The molecule has 0 radical (unpaired) electrons. The van der Waals surface area contributed by atoms with E-state index in [1.54, 1.807) is 17.1 Å². The number of aryl methyl sites for hydroxylation is 1. The number of para-hydroxylation sites is 1.